The van der Waals surface area contributed by atoms with E-state index >= 15 is 0 Å². The molecule has 0 spiro atoms. The van der Waals surface area contributed by atoms with Crippen molar-refractivity contribution in [2.45, 2.75) is 70.5 Å². The van der Waals surface area contributed by atoms with E-state index in [1.807, 2.05) is 6.92 Å². The Balaban J connectivity index is 1.92. The number of nitrogens with zero attached hydrogens (tertiary/aromatic N) is 2. The van der Waals surface area contributed by atoms with Crippen LogP contribution in [0.1, 0.15) is 65.0 Å². The van der Waals surface area contributed by atoms with Crippen LogP contribution in [0.25, 0.3) is 0 Å². The van der Waals surface area contributed by atoms with E-state index in [9.17, 15) is 9.90 Å². The number of ether oxygens (including phenoxy) is 1. The number of carbonyl (C=O) groups excluding carboxylic acids is 1. The molecular formula is C16H25N3O3. The molecule has 0 atom stereocenters. The number of aliphatic hydroxyl groups is 1. The lowest BCUT2D eigenvalue weighted by Crippen LogP contribution is -2.30. The number of nitrogens with one attached hydrogen (secondary N) is 1. The molecule has 0 aromatic carbocycles. The first kappa shape index (κ1) is 16.7. The first-order valence-corrected chi connectivity index (χ1v) is 7.69. The monoisotopic (exact) mass is 307 g/mol. The van der Waals surface area contributed by atoms with Crippen LogP contribution in [0.3, 0.4) is 0 Å². The van der Waals surface area contributed by atoms with Gasteiger partial charge in [-0.3, -0.25) is 10.3 Å². The summed E-state index contributed by atoms with van der Waals surface area (Å²) in [7, 11) is 0. The molecule has 6 heteroatoms. The zero-order valence-corrected chi connectivity index (χ0v) is 13.7. The minimum Gasteiger partial charge on any atom is -0.444 e. The van der Waals surface area contributed by atoms with E-state index < -0.39 is 17.3 Å². The predicted molar refractivity (Wildman–Crippen MR) is 83.7 cm³/mol. The van der Waals surface area contributed by atoms with Crippen molar-refractivity contribution >= 4 is 11.9 Å². The highest BCUT2D eigenvalue weighted by Crippen LogP contribution is 2.36. The van der Waals surface area contributed by atoms with Gasteiger partial charge >= 0.3 is 6.09 Å². The molecule has 2 rings (SSSR count). The highest BCUT2D eigenvalue weighted by Gasteiger charge is 2.30. The number of anilines is 1. The molecule has 0 radical (unpaired) electrons. The van der Waals surface area contributed by atoms with Crippen molar-refractivity contribution in [1.29, 1.82) is 0 Å². The fraction of sp³-hybridized carbons (Fsp3) is 0.688. The van der Waals surface area contributed by atoms with Gasteiger partial charge in [-0.1, -0.05) is 0 Å². The average Bonchev–Trinajstić information content (AvgIpc) is 2.37. The molecule has 1 fully saturated rings. The molecule has 1 heterocycles. The lowest BCUT2D eigenvalue weighted by molar-refractivity contribution is 0.0168. The predicted octanol–water partition coefficient (Wildman–Crippen LogP) is 3.23. The summed E-state index contributed by atoms with van der Waals surface area (Å²) in [4.78, 5) is 20.3. The molecule has 1 aliphatic rings. The molecule has 122 valence electrons. The van der Waals surface area contributed by atoms with Gasteiger partial charge < -0.3 is 9.84 Å². The van der Waals surface area contributed by atoms with E-state index in [2.05, 4.69) is 15.3 Å². The summed E-state index contributed by atoms with van der Waals surface area (Å²) in [5.74, 6) is 0.698. The van der Waals surface area contributed by atoms with Gasteiger partial charge in [-0.25, -0.2) is 9.78 Å². The molecule has 1 amide bonds. The zero-order valence-electron chi connectivity index (χ0n) is 13.7. The van der Waals surface area contributed by atoms with E-state index in [1.54, 1.807) is 33.2 Å². The van der Waals surface area contributed by atoms with Crippen LogP contribution in [-0.2, 0) is 4.74 Å². The maximum absolute atomic E-state index is 11.7. The van der Waals surface area contributed by atoms with Gasteiger partial charge in [-0.05, 0) is 53.4 Å². The number of hydrogen-bond acceptors (Lipinski definition) is 5. The van der Waals surface area contributed by atoms with Gasteiger partial charge in [0, 0.05) is 5.92 Å². The lowest BCUT2D eigenvalue weighted by atomic mass is 9.79. The van der Waals surface area contributed by atoms with Crippen LogP contribution in [0.15, 0.2) is 12.4 Å². The van der Waals surface area contributed by atoms with Crippen LogP contribution in [0.2, 0.25) is 0 Å². The molecule has 0 saturated heterocycles. The van der Waals surface area contributed by atoms with Crippen molar-refractivity contribution in [1.82, 2.24) is 9.97 Å². The number of amides is 1. The Kier molecular flexibility index (Phi) is 4.70. The van der Waals surface area contributed by atoms with Gasteiger partial charge in [0.05, 0.1) is 23.7 Å². The lowest BCUT2D eigenvalue weighted by Gasteiger charge is -2.32. The normalized spacial score (nSPS) is 25.6. The molecule has 6 nitrogen and oxygen atoms in total. The van der Waals surface area contributed by atoms with E-state index in [1.165, 1.54) is 0 Å². The molecule has 22 heavy (non-hydrogen) atoms. The molecular weight excluding hydrogens is 282 g/mol. The van der Waals surface area contributed by atoms with E-state index in [0.29, 0.717) is 11.7 Å². The number of rotatable bonds is 2. The largest absolute Gasteiger partial charge is 0.444 e. The van der Waals surface area contributed by atoms with Gasteiger partial charge in [-0.15, -0.1) is 0 Å². The van der Waals surface area contributed by atoms with Gasteiger partial charge in [-0.2, -0.15) is 0 Å². The molecule has 1 saturated carbocycles. The second kappa shape index (κ2) is 6.20. The second-order valence-electron chi connectivity index (χ2n) is 7.22. The molecule has 1 aliphatic carbocycles. The minimum absolute atomic E-state index is 0.323. The van der Waals surface area contributed by atoms with Crippen molar-refractivity contribution in [2.75, 3.05) is 5.32 Å². The topological polar surface area (TPSA) is 84.3 Å². The Morgan fingerprint density at radius 2 is 1.95 bits per heavy atom. The molecule has 0 unspecified atom stereocenters. The average molecular weight is 307 g/mol. The maximum atomic E-state index is 11.7. The van der Waals surface area contributed by atoms with Crippen LogP contribution in [0, 0.1) is 0 Å². The first-order valence-electron chi connectivity index (χ1n) is 7.69. The van der Waals surface area contributed by atoms with Crippen LogP contribution in [0.4, 0.5) is 10.6 Å². The van der Waals surface area contributed by atoms with Crippen molar-refractivity contribution in [3.05, 3.63) is 18.1 Å². The third-order valence-corrected chi connectivity index (χ3v) is 3.78. The zero-order chi connectivity index (χ0) is 16.4. The van der Waals surface area contributed by atoms with Crippen LogP contribution in [0.5, 0.6) is 0 Å². The molecule has 2 N–H and O–H groups in total. The molecule has 1 aromatic heterocycles. The standard InChI is InChI=1S/C16H25N3O3/c1-15(2,3)22-14(20)19-13-10-17-12(9-18-13)11-5-7-16(4,21)8-6-11/h9-11,21H,5-8H2,1-4H3,(H,18,19,20)/t11-,16+. The van der Waals surface area contributed by atoms with Crippen LogP contribution >= 0.6 is 0 Å². The maximum Gasteiger partial charge on any atom is 0.413 e. The summed E-state index contributed by atoms with van der Waals surface area (Å²) in [6.07, 6.45) is 6.06. The number of carbonyl (C=O) groups is 1. The smallest absolute Gasteiger partial charge is 0.413 e. The second-order valence-corrected chi connectivity index (χ2v) is 7.22. The van der Waals surface area contributed by atoms with Crippen molar-refractivity contribution in [3.63, 3.8) is 0 Å². The Hall–Kier alpha value is -1.69. The fourth-order valence-corrected chi connectivity index (χ4v) is 2.56. The van der Waals surface area contributed by atoms with Crippen molar-refractivity contribution in [3.8, 4) is 0 Å². The van der Waals surface area contributed by atoms with Crippen LogP contribution < -0.4 is 5.32 Å². The third kappa shape index (κ3) is 4.94. The van der Waals surface area contributed by atoms with Gasteiger partial charge in [0.2, 0.25) is 0 Å². The summed E-state index contributed by atoms with van der Waals surface area (Å²) in [5.41, 5.74) is -0.191. The molecule has 1 aromatic rings. The van der Waals surface area contributed by atoms with Crippen LogP contribution in [-0.4, -0.2) is 32.4 Å². The Bertz CT molecular complexity index is 510. The van der Waals surface area contributed by atoms with E-state index in [4.69, 9.17) is 4.74 Å². The summed E-state index contributed by atoms with van der Waals surface area (Å²) < 4.78 is 5.17. The Morgan fingerprint density at radius 1 is 1.32 bits per heavy atom. The SMILES string of the molecule is CC(C)(C)OC(=O)Nc1cnc([C@H]2CC[C@@](C)(O)CC2)cn1. The third-order valence-electron chi connectivity index (χ3n) is 3.78. The van der Waals surface area contributed by atoms with Gasteiger partial charge in [0.15, 0.2) is 5.82 Å². The summed E-state index contributed by atoms with van der Waals surface area (Å²) >= 11 is 0. The van der Waals surface area contributed by atoms with Gasteiger partial charge in [0.25, 0.3) is 0 Å². The Morgan fingerprint density at radius 3 is 2.45 bits per heavy atom. The molecule has 0 bridgehead atoms. The molecule has 0 aliphatic heterocycles. The van der Waals surface area contributed by atoms with Gasteiger partial charge in [0.1, 0.15) is 5.60 Å². The van der Waals surface area contributed by atoms with Crippen molar-refractivity contribution in [2.24, 2.45) is 0 Å². The number of aromatic nitrogens is 2. The highest BCUT2D eigenvalue weighted by atomic mass is 16.6. The minimum atomic E-state index is -0.553. The van der Waals surface area contributed by atoms with E-state index in [-0.39, 0.29) is 0 Å². The highest BCUT2D eigenvalue weighted by molar-refractivity contribution is 5.83. The first-order chi connectivity index (χ1) is 10.1. The van der Waals surface area contributed by atoms with E-state index in [0.717, 1.165) is 31.4 Å². The van der Waals surface area contributed by atoms with Crippen molar-refractivity contribution < 1.29 is 14.6 Å². The Labute approximate surface area is 131 Å². The summed E-state index contributed by atoms with van der Waals surface area (Å²) in [6, 6.07) is 0. The fourth-order valence-electron chi connectivity index (χ4n) is 2.56. The number of hydrogen-bond donors (Lipinski definition) is 2. The quantitative estimate of drug-likeness (QED) is 0.876. The summed E-state index contributed by atoms with van der Waals surface area (Å²) in [5, 5.41) is 12.5. The summed E-state index contributed by atoms with van der Waals surface area (Å²) in [6.45, 7) is 7.29.